The number of fused-ring (bicyclic) bond motifs is 1. The first-order valence-corrected chi connectivity index (χ1v) is 16.4. The number of carboxylic acid groups (broad SMARTS) is 1. The van der Waals surface area contributed by atoms with Gasteiger partial charge in [0.1, 0.15) is 12.4 Å². The monoisotopic (exact) mass is 633 g/mol. The Labute approximate surface area is 270 Å². The fraction of sp³-hybridized carbons (Fsp3) is 0.216. The van der Waals surface area contributed by atoms with E-state index in [9.17, 15) is 9.90 Å². The van der Waals surface area contributed by atoms with E-state index in [-0.39, 0.29) is 11.6 Å². The van der Waals surface area contributed by atoms with Gasteiger partial charge in [-0.15, -0.1) is 11.3 Å². The first-order valence-electron chi connectivity index (χ1n) is 15.2. The Hall–Kier alpha value is -4.46. The number of carboxylic acids is 1. The van der Waals surface area contributed by atoms with Crippen molar-refractivity contribution >= 4 is 39.9 Å². The molecule has 0 saturated heterocycles. The summed E-state index contributed by atoms with van der Waals surface area (Å²) >= 11 is 7.83. The zero-order valence-electron chi connectivity index (χ0n) is 24.8. The minimum atomic E-state index is -0.937. The number of carbonyl (C=O) groups is 1. The van der Waals surface area contributed by atoms with Crippen LogP contribution >= 0.6 is 22.9 Å². The fourth-order valence-corrected chi connectivity index (χ4v) is 7.26. The SMILES string of the molecule is Cc1nc(-c2ccc(-c3ccc(Cl)cc3)c(COc3ccc(C4CCCCC4n4cnc5cc(C(=O)O)ccc54)cc3)c2)cs1. The molecule has 4 aromatic carbocycles. The number of halogens is 1. The zero-order chi connectivity index (χ0) is 30.9. The standard InChI is InChI=1S/C37H32ClN3O3S/c1-23-40-34(21-45-23)26-10-16-31(24-6-12-29(38)13-7-24)28(18-26)20-44-30-14-8-25(9-15-30)32-4-2-3-5-35(32)41-22-39-33-19-27(37(42)43)11-17-36(33)41/h6-19,21-22,32,35H,2-5,20H2,1H3,(H,42,43). The molecule has 0 amide bonds. The van der Waals surface area contributed by atoms with Gasteiger partial charge in [-0.2, -0.15) is 0 Å². The van der Waals surface area contributed by atoms with Crippen LogP contribution < -0.4 is 4.74 Å². The highest BCUT2D eigenvalue weighted by molar-refractivity contribution is 7.09. The van der Waals surface area contributed by atoms with Gasteiger partial charge in [-0.3, -0.25) is 0 Å². The van der Waals surface area contributed by atoms with Crippen LogP contribution in [0.4, 0.5) is 0 Å². The molecule has 0 aliphatic heterocycles. The van der Waals surface area contributed by atoms with E-state index in [2.05, 4.69) is 57.4 Å². The van der Waals surface area contributed by atoms with E-state index in [1.165, 1.54) is 12.0 Å². The van der Waals surface area contributed by atoms with E-state index in [0.717, 1.165) is 69.0 Å². The lowest BCUT2D eigenvalue weighted by Crippen LogP contribution is -2.21. The highest BCUT2D eigenvalue weighted by atomic mass is 35.5. The predicted octanol–water partition coefficient (Wildman–Crippen LogP) is 9.96. The Kier molecular flexibility index (Phi) is 8.13. The van der Waals surface area contributed by atoms with Crippen molar-refractivity contribution in [2.24, 2.45) is 0 Å². The normalized spacial score (nSPS) is 16.6. The highest BCUT2D eigenvalue weighted by Gasteiger charge is 2.29. The second-order valence-electron chi connectivity index (χ2n) is 11.6. The molecule has 8 heteroatoms. The smallest absolute Gasteiger partial charge is 0.335 e. The molecule has 1 N–H and O–H groups in total. The fourth-order valence-electron chi connectivity index (χ4n) is 6.51. The van der Waals surface area contributed by atoms with Gasteiger partial charge in [-0.25, -0.2) is 14.8 Å². The molecule has 2 aromatic heterocycles. The lowest BCUT2D eigenvalue weighted by molar-refractivity contribution is 0.0697. The third kappa shape index (κ3) is 6.10. The summed E-state index contributed by atoms with van der Waals surface area (Å²) in [7, 11) is 0. The van der Waals surface area contributed by atoms with E-state index >= 15 is 0 Å². The number of thiazole rings is 1. The van der Waals surface area contributed by atoms with Crippen molar-refractivity contribution in [2.75, 3.05) is 0 Å². The molecule has 1 fully saturated rings. The minimum Gasteiger partial charge on any atom is -0.489 e. The van der Waals surface area contributed by atoms with E-state index < -0.39 is 5.97 Å². The van der Waals surface area contributed by atoms with Crippen molar-refractivity contribution in [3.05, 3.63) is 123 Å². The third-order valence-corrected chi connectivity index (χ3v) is 9.81. The molecule has 6 nitrogen and oxygen atoms in total. The highest BCUT2D eigenvalue weighted by Crippen LogP contribution is 2.43. The molecule has 1 saturated carbocycles. The van der Waals surface area contributed by atoms with E-state index in [4.69, 9.17) is 21.3 Å². The molecular weight excluding hydrogens is 602 g/mol. The van der Waals surface area contributed by atoms with Crippen LogP contribution in [0.15, 0.2) is 96.6 Å². The number of nitrogens with zero attached hydrogens (tertiary/aromatic N) is 3. The topological polar surface area (TPSA) is 77.2 Å². The molecular formula is C37H32ClN3O3S. The second-order valence-corrected chi connectivity index (χ2v) is 13.1. The van der Waals surface area contributed by atoms with Gasteiger partial charge in [0.15, 0.2) is 0 Å². The summed E-state index contributed by atoms with van der Waals surface area (Å²) in [5.41, 5.74) is 8.54. The summed E-state index contributed by atoms with van der Waals surface area (Å²) in [5.74, 6) is 0.212. The summed E-state index contributed by atoms with van der Waals surface area (Å²) in [6.45, 7) is 2.44. The number of hydrogen-bond donors (Lipinski definition) is 1. The van der Waals surface area contributed by atoms with Crippen molar-refractivity contribution in [2.45, 2.75) is 51.2 Å². The van der Waals surface area contributed by atoms with Crippen molar-refractivity contribution < 1.29 is 14.6 Å². The Morgan fingerprint density at radius 1 is 0.978 bits per heavy atom. The number of aromatic carboxylic acids is 1. The van der Waals surface area contributed by atoms with Gasteiger partial charge in [0.2, 0.25) is 0 Å². The Morgan fingerprint density at radius 3 is 2.51 bits per heavy atom. The summed E-state index contributed by atoms with van der Waals surface area (Å²) in [4.78, 5) is 20.7. The average Bonchev–Trinajstić information content (AvgIpc) is 3.70. The van der Waals surface area contributed by atoms with Gasteiger partial charge in [0, 0.05) is 27.9 Å². The van der Waals surface area contributed by atoms with Crippen molar-refractivity contribution in [1.82, 2.24) is 14.5 Å². The number of aryl methyl sites for hydroxylation is 1. The number of aromatic nitrogens is 3. The van der Waals surface area contributed by atoms with Crippen LogP contribution in [0.2, 0.25) is 5.02 Å². The van der Waals surface area contributed by atoms with Crippen LogP contribution in [0.5, 0.6) is 5.75 Å². The summed E-state index contributed by atoms with van der Waals surface area (Å²) < 4.78 is 8.64. The summed E-state index contributed by atoms with van der Waals surface area (Å²) in [5, 5.41) is 13.2. The molecule has 1 aliphatic carbocycles. The van der Waals surface area contributed by atoms with Gasteiger partial charge in [-0.1, -0.05) is 60.8 Å². The van der Waals surface area contributed by atoms with E-state index in [1.807, 2.05) is 43.6 Å². The lowest BCUT2D eigenvalue weighted by atomic mass is 9.79. The maximum atomic E-state index is 11.5. The van der Waals surface area contributed by atoms with Crippen LogP contribution in [-0.4, -0.2) is 25.6 Å². The molecule has 2 atom stereocenters. The van der Waals surface area contributed by atoms with Crippen molar-refractivity contribution in [3.8, 4) is 28.1 Å². The summed E-state index contributed by atoms with van der Waals surface area (Å²) in [6, 6.07) is 28.3. The quantitative estimate of drug-likeness (QED) is 0.180. The molecule has 0 bridgehead atoms. The van der Waals surface area contributed by atoms with Gasteiger partial charge in [-0.05, 0) is 90.6 Å². The van der Waals surface area contributed by atoms with Crippen LogP contribution in [-0.2, 0) is 6.61 Å². The van der Waals surface area contributed by atoms with Gasteiger partial charge in [0.05, 0.1) is 33.6 Å². The molecule has 7 rings (SSSR count). The number of rotatable bonds is 8. The molecule has 6 aromatic rings. The van der Waals surface area contributed by atoms with Crippen LogP contribution in [0, 0.1) is 6.92 Å². The predicted molar refractivity (Wildman–Crippen MR) is 180 cm³/mol. The average molecular weight is 634 g/mol. The lowest BCUT2D eigenvalue weighted by Gasteiger charge is -2.33. The molecule has 45 heavy (non-hydrogen) atoms. The first kappa shape index (κ1) is 29.3. The maximum Gasteiger partial charge on any atom is 0.335 e. The van der Waals surface area contributed by atoms with E-state index in [1.54, 1.807) is 23.5 Å². The Bertz CT molecular complexity index is 1980. The van der Waals surface area contributed by atoms with Gasteiger partial charge >= 0.3 is 5.97 Å². The molecule has 0 spiro atoms. The zero-order valence-corrected chi connectivity index (χ0v) is 26.4. The summed E-state index contributed by atoms with van der Waals surface area (Å²) in [6.07, 6.45) is 6.35. The van der Waals surface area contributed by atoms with Gasteiger partial charge in [0.25, 0.3) is 0 Å². The molecule has 2 unspecified atom stereocenters. The second kappa shape index (κ2) is 12.5. The first-order chi connectivity index (χ1) is 21.9. The number of hydrogen-bond acceptors (Lipinski definition) is 5. The number of benzene rings is 4. The van der Waals surface area contributed by atoms with Crippen molar-refractivity contribution in [1.29, 1.82) is 0 Å². The molecule has 2 heterocycles. The molecule has 1 aliphatic rings. The van der Waals surface area contributed by atoms with Crippen LogP contribution in [0.3, 0.4) is 0 Å². The largest absolute Gasteiger partial charge is 0.489 e. The van der Waals surface area contributed by atoms with Crippen LogP contribution in [0.1, 0.15) is 64.1 Å². The van der Waals surface area contributed by atoms with Gasteiger partial charge < -0.3 is 14.4 Å². The number of imidazole rings is 1. The third-order valence-electron chi connectivity index (χ3n) is 8.79. The molecule has 0 radical (unpaired) electrons. The van der Waals surface area contributed by atoms with E-state index in [0.29, 0.717) is 17.5 Å². The minimum absolute atomic E-state index is 0.255. The number of ether oxygens (including phenoxy) is 1. The Morgan fingerprint density at radius 2 is 1.76 bits per heavy atom. The van der Waals surface area contributed by atoms with Crippen molar-refractivity contribution in [3.63, 3.8) is 0 Å². The molecule has 226 valence electrons. The Balaban J connectivity index is 1.13. The van der Waals surface area contributed by atoms with Crippen LogP contribution in [0.25, 0.3) is 33.4 Å². The maximum absolute atomic E-state index is 11.5.